The van der Waals surface area contributed by atoms with Gasteiger partial charge in [-0.05, 0) is 12.8 Å². The average Bonchev–Trinajstić information content (AvgIpc) is 1.87. The minimum absolute atomic E-state index is 0.0277. The van der Waals surface area contributed by atoms with Crippen LogP contribution in [0.5, 0.6) is 0 Å². The van der Waals surface area contributed by atoms with Crippen molar-refractivity contribution in [2.24, 2.45) is 11.8 Å². The Morgan fingerprint density at radius 1 is 1.40 bits per heavy atom. The van der Waals surface area contributed by atoms with Crippen LogP contribution in [0.3, 0.4) is 0 Å². The molecule has 0 aromatic rings. The molecule has 0 heterocycles. The molecule has 1 unspecified atom stereocenters. The van der Waals surface area contributed by atoms with Crippen molar-refractivity contribution in [1.29, 1.82) is 0 Å². The van der Waals surface area contributed by atoms with Crippen LogP contribution in [0.1, 0.15) is 27.7 Å². The molecule has 2 nitrogen and oxygen atoms in total. The van der Waals surface area contributed by atoms with Crippen LogP contribution in [0.2, 0.25) is 0 Å². The van der Waals surface area contributed by atoms with Gasteiger partial charge < -0.3 is 4.74 Å². The smallest absolute Gasteiger partial charge is 0.308 e. The van der Waals surface area contributed by atoms with Crippen LogP contribution >= 0.6 is 0 Å². The van der Waals surface area contributed by atoms with Gasteiger partial charge in [0.05, 0.1) is 12.5 Å². The summed E-state index contributed by atoms with van der Waals surface area (Å²) in [5, 5.41) is 0. The van der Waals surface area contributed by atoms with E-state index < -0.39 is 0 Å². The van der Waals surface area contributed by atoms with Crippen molar-refractivity contribution < 1.29 is 9.53 Å². The van der Waals surface area contributed by atoms with E-state index in [9.17, 15) is 4.79 Å². The summed E-state index contributed by atoms with van der Waals surface area (Å²) in [4.78, 5) is 11.0. The number of ether oxygens (including phenoxy) is 1. The second-order valence-electron chi connectivity index (χ2n) is 2.78. The SMILES string of the molecule is CCOC(=O)C(C)C(C)C. The molecule has 0 aliphatic carbocycles. The minimum Gasteiger partial charge on any atom is -0.466 e. The Morgan fingerprint density at radius 2 is 1.90 bits per heavy atom. The van der Waals surface area contributed by atoms with Crippen molar-refractivity contribution in [3.63, 3.8) is 0 Å². The van der Waals surface area contributed by atoms with Crippen LogP contribution in [0.15, 0.2) is 0 Å². The summed E-state index contributed by atoms with van der Waals surface area (Å²) in [7, 11) is 0. The molecule has 0 aliphatic heterocycles. The first-order valence-electron chi connectivity index (χ1n) is 3.76. The number of carbonyl (C=O) groups excluding carboxylic acids is 1. The lowest BCUT2D eigenvalue weighted by Gasteiger charge is -2.12. The zero-order valence-electron chi connectivity index (χ0n) is 7.18. The summed E-state index contributed by atoms with van der Waals surface area (Å²) < 4.78 is 4.83. The van der Waals surface area contributed by atoms with Crippen molar-refractivity contribution in [1.82, 2.24) is 0 Å². The highest BCUT2D eigenvalue weighted by Crippen LogP contribution is 2.10. The topological polar surface area (TPSA) is 26.3 Å². The monoisotopic (exact) mass is 144 g/mol. The van der Waals surface area contributed by atoms with Gasteiger partial charge in [-0.25, -0.2) is 0 Å². The van der Waals surface area contributed by atoms with Crippen LogP contribution in [0, 0.1) is 11.8 Å². The van der Waals surface area contributed by atoms with Crippen molar-refractivity contribution in [2.75, 3.05) is 6.61 Å². The van der Waals surface area contributed by atoms with E-state index in [0.29, 0.717) is 12.5 Å². The normalized spacial score (nSPS) is 13.3. The highest BCUT2D eigenvalue weighted by molar-refractivity contribution is 5.72. The molecule has 2 heteroatoms. The molecule has 0 aliphatic rings. The molecule has 1 atom stereocenters. The predicted octanol–water partition coefficient (Wildman–Crippen LogP) is 1.84. The van der Waals surface area contributed by atoms with Gasteiger partial charge in [-0.2, -0.15) is 0 Å². The molecule has 0 fully saturated rings. The first-order chi connectivity index (χ1) is 4.59. The Labute approximate surface area is 62.6 Å². The van der Waals surface area contributed by atoms with Gasteiger partial charge in [0.15, 0.2) is 0 Å². The summed E-state index contributed by atoms with van der Waals surface area (Å²) in [6.07, 6.45) is 0. The maximum atomic E-state index is 11.0. The van der Waals surface area contributed by atoms with Crippen LogP contribution in [0.25, 0.3) is 0 Å². The van der Waals surface area contributed by atoms with Gasteiger partial charge in [-0.15, -0.1) is 0 Å². The minimum atomic E-state index is -0.0856. The average molecular weight is 144 g/mol. The maximum absolute atomic E-state index is 11.0. The number of hydrogen-bond donors (Lipinski definition) is 0. The van der Waals surface area contributed by atoms with E-state index in [4.69, 9.17) is 4.74 Å². The van der Waals surface area contributed by atoms with E-state index in [1.807, 2.05) is 27.7 Å². The van der Waals surface area contributed by atoms with E-state index in [1.165, 1.54) is 0 Å². The summed E-state index contributed by atoms with van der Waals surface area (Å²) in [6.45, 7) is 8.23. The quantitative estimate of drug-likeness (QED) is 0.565. The number of esters is 1. The highest BCUT2D eigenvalue weighted by Gasteiger charge is 2.16. The maximum Gasteiger partial charge on any atom is 0.308 e. The molecule has 0 aromatic carbocycles. The molecule has 0 bridgehead atoms. The largest absolute Gasteiger partial charge is 0.466 e. The fourth-order valence-electron chi connectivity index (χ4n) is 0.546. The van der Waals surface area contributed by atoms with E-state index in [2.05, 4.69) is 0 Å². The Morgan fingerprint density at radius 3 is 2.20 bits per heavy atom. The lowest BCUT2D eigenvalue weighted by atomic mass is 9.99. The molecule has 0 N–H and O–H groups in total. The Kier molecular flexibility index (Phi) is 4.08. The Balaban J connectivity index is 3.71. The molecule has 0 spiro atoms. The standard InChI is InChI=1S/C8H16O2/c1-5-10-8(9)7(4)6(2)3/h6-7H,5H2,1-4H3. The van der Waals surface area contributed by atoms with E-state index in [-0.39, 0.29) is 11.9 Å². The van der Waals surface area contributed by atoms with Crippen LogP contribution in [-0.2, 0) is 9.53 Å². The van der Waals surface area contributed by atoms with Crippen molar-refractivity contribution in [3.05, 3.63) is 0 Å². The van der Waals surface area contributed by atoms with Gasteiger partial charge in [-0.1, -0.05) is 20.8 Å². The van der Waals surface area contributed by atoms with Crippen LogP contribution in [0.4, 0.5) is 0 Å². The highest BCUT2D eigenvalue weighted by atomic mass is 16.5. The molecule has 0 rings (SSSR count). The first-order valence-corrected chi connectivity index (χ1v) is 3.76. The summed E-state index contributed by atoms with van der Waals surface area (Å²) >= 11 is 0. The second-order valence-corrected chi connectivity index (χ2v) is 2.78. The van der Waals surface area contributed by atoms with Gasteiger partial charge in [0.25, 0.3) is 0 Å². The molecule has 0 saturated heterocycles. The van der Waals surface area contributed by atoms with Gasteiger partial charge >= 0.3 is 5.97 Å². The molecular weight excluding hydrogens is 128 g/mol. The third-order valence-electron chi connectivity index (χ3n) is 1.66. The zero-order valence-corrected chi connectivity index (χ0v) is 7.18. The molecule has 60 valence electrons. The van der Waals surface area contributed by atoms with E-state index in [1.54, 1.807) is 0 Å². The van der Waals surface area contributed by atoms with Gasteiger partial charge in [0, 0.05) is 0 Å². The van der Waals surface area contributed by atoms with Crippen molar-refractivity contribution in [2.45, 2.75) is 27.7 Å². The molecule has 10 heavy (non-hydrogen) atoms. The molecule has 0 aromatic heterocycles. The summed E-state index contributed by atoms with van der Waals surface area (Å²) in [5.41, 5.74) is 0. The fourth-order valence-corrected chi connectivity index (χ4v) is 0.546. The Hall–Kier alpha value is -0.530. The lowest BCUT2D eigenvalue weighted by molar-refractivity contribution is -0.148. The third kappa shape index (κ3) is 2.85. The van der Waals surface area contributed by atoms with E-state index in [0.717, 1.165) is 0 Å². The summed E-state index contributed by atoms with van der Waals surface area (Å²) in [6, 6.07) is 0. The van der Waals surface area contributed by atoms with Crippen LogP contribution in [-0.4, -0.2) is 12.6 Å². The molecular formula is C8H16O2. The molecule has 0 saturated carbocycles. The zero-order chi connectivity index (χ0) is 8.15. The van der Waals surface area contributed by atoms with Gasteiger partial charge in [0.1, 0.15) is 0 Å². The number of hydrogen-bond acceptors (Lipinski definition) is 2. The van der Waals surface area contributed by atoms with Gasteiger partial charge in [0.2, 0.25) is 0 Å². The molecule has 0 amide bonds. The number of carbonyl (C=O) groups is 1. The predicted molar refractivity (Wildman–Crippen MR) is 40.6 cm³/mol. The van der Waals surface area contributed by atoms with Crippen molar-refractivity contribution in [3.8, 4) is 0 Å². The van der Waals surface area contributed by atoms with Crippen LogP contribution < -0.4 is 0 Å². The number of rotatable bonds is 3. The first kappa shape index (κ1) is 9.47. The third-order valence-corrected chi connectivity index (χ3v) is 1.66. The fraction of sp³-hybridized carbons (Fsp3) is 0.875. The van der Waals surface area contributed by atoms with Crippen molar-refractivity contribution >= 4 is 5.97 Å². The summed E-state index contributed by atoms with van der Waals surface area (Å²) in [5.74, 6) is 0.316. The molecule has 0 radical (unpaired) electrons. The Bertz CT molecular complexity index is 108. The van der Waals surface area contributed by atoms with Gasteiger partial charge in [-0.3, -0.25) is 4.79 Å². The van der Waals surface area contributed by atoms with E-state index >= 15 is 0 Å². The lowest BCUT2D eigenvalue weighted by Crippen LogP contribution is -2.19. The second kappa shape index (κ2) is 4.31.